The standard InChI is InChI=1S/C16H30O2/c1-2-3-4-5-6-7-8-9-11-14-17-16-13-10-12-15-18-16/h7-8,16H,2-6,9-15H2,1H3/b8-7-. The molecule has 2 nitrogen and oxygen atoms in total. The quantitative estimate of drug-likeness (QED) is 0.410. The molecular formula is C16H30O2. The Kier molecular flexibility index (Phi) is 10.2. The summed E-state index contributed by atoms with van der Waals surface area (Å²) in [5.41, 5.74) is 0. The maximum Gasteiger partial charge on any atom is 0.157 e. The van der Waals surface area contributed by atoms with Crippen molar-refractivity contribution in [3.05, 3.63) is 12.2 Å². The molecule has 0 amide bonds. The van der Waals surface area contributed by atoms with Gasteiger partial charge in [-0.15, -0.1) is 0 Å². The van der Waals surface area contributed by atoms with Crippen molar-refractivity contribution in [3.8, 4) is 0 Å². The van der Waals surface area contributed by atoms with Gasteiger partial charge in [0.2, 0.25) is 0 Å². The van der Waals surface area contributed by atoms with Gasteiger partial charge in [-0.1, -0.05) is 38.3 Å². The van der Waals surface area contributed by atoms with Crippen LogP contribution >= 0.6 is 0 Å². The molecule has 1 atom stereocenters. The van der Waals surface area contributed by atoms with Crippen LogP contribution in [0, 0.1) is 0 Å². The fourth-order valence-corrected chi connectivity index (χ4v) is 2.18. The summed E-state index contributed by atoms with van der Waals surface area (Å²) in [6.45, 7) is 3.97. The third-order valence-corrected chi connectivity index (χ3v) is 3.35. The molecule has 0 aromatic rings. The highest BCUT2D eigenvalue weighted by atomic mass is 16.7. The fourth-order valence-electron chi connectivity index (χ4n) is 2.18. The van der Waals surface area contributed by atoms with Crippen LogP contribution in [0.4, 0.5) is 0 Å². The van der Waals surface area contributed by atoms with Gasteiger partial charge in [-0.25, -0.2) is 0 Å². The Morgan fingerprint density at radius 1 is 1.06 bits per heavy atom. The van der Waals surface area contributed by atoms with Crippen LogP contribution in [0.1, 0.15) is 71.1 Å². The number of hydrogen-bond donors (Lipinski definition) is 0. The van der Waals surface area contributed by atoms with Crippen LogP contribution in [0.2, 0.25) is 0 Å². The van der Waals surface area contributed by atoms with Gasteiger partial charge in [0, 0.05) is 6.61 Å². The third-order valence-electron chi connectivity index (χ3n) is 3.35. The molecule has 1 aliphatic rings. The topological polar surface area (TPSA) is 18.5 Å². The number of allylic oxidation sites excluding steroid dienone is 2. The summed E-state index contributed by atoms with van der Waals surface area (Å²) >= 11 is 0. The van der Waals surface area contributed by atoms with Gasteiger partial charge in [-0.05, 0) is 44.9 Å². The van der Waals surface area contributed by atoms with E-state index in [0.29, 0.717) is 0 Å². The second-order valence-electron chi connectivity index (χ2n) is 5.13. The lowest BCUT2D eigenvalue weighted by Crippen LogP contribution is -2.22. The van der Waals surface area contributed by atoms with Crippen LogP contribution in [0.15, 0.2) is 12.2 Å². The monoisotopic (exact) mass is 254 g/mol. The van der Waals surface area contributed by atoms with Gasteiger partial charge in [-0.2, -0.15) is 0 Å². The molecule has 0 aromatic carbocycles. The fraction of sp³-hybridized carbons (Fsp3) is 0.875. The largest absolute Gasteiger partial charge is 0.353 e. The van der Waals surface area contributed by atoms with Crippen molar-refractivity contribution < 1.29 is 9.47 Å². The molecule has 1 unspecified atom stereocenters. The van der Waals surface area contributed by atoms with Crippen molar-refractivity contribution in [3.63, 3.8) is 0 Å². The first-order chi connectivity index (χ1) is 8.93. The number of rotatable bonds is 10. The Bertz CT molecular complexity index is 195. The second-order valence-corrected chi connectivity index (χ2v) is 5.13. The van der Waals surface area contributed by atoms with Crippen molar-refractivity contribution >= 4 is 0 Å². The summed E-state index contributed by atoms with van der Waals surface area (Å²) in [5.74, 6) is 0. The minimum atomic E-state index is 0.0803. The van der Waals surface area contributed by atoms with Crippen LogP contribution in [-0.4, -0.2) is 19.5 Å². The van der Waals surface area contributed by atoms with Gasteiger partial charge in [0.05, 0.1) is 6.61 Å². The molecule has 0 bridgehead atoms. The van der Waals surface area contributed by atoms with Crippen LogP contribution in [0.25, 0.3) is 0 Å². The van der Waals surface area contributed by atoms with Crippen molar-refractivity contribution in [1.29, 1.82) is 0 Å². The SMILES string of the molecule is CCCCCC/C=C\CCCOC1CCCCO1. The minimum absolute atomic E-state index is 0.0803. The molecule has 18 heavy (non-hydrogen) atoms. The molecule has 1 aliphatic heterocycles. The van der Waals surface area contributed by atoms with E-state index in [0.717, 1.165) is 32.5 Å². The summed E-state index contributed by atoms with van der Waals surface area (Å²) < 4.78 is 11.2. The van der Waals surface area contributed by atoms with E-state index in [1.165, 1.54) is 44.9 Å². The van der Waals surface area contributed by atoms with E-state index in [1.807, 2.05) is 0 Å². The Labute approximate surface area is 113 Å². The molecule has 0 aromatic heterocycles. The number of ether oxygens (including phenoxy) is 2. The summed E-state index contributed by atoms with van der Waals surface area (Å²) in [6, 6.07) is 0. The molecule has 0 radical (unpaired) electrons. The average molecular weight is 254 g/mol. The highest BCUT2D eigenvalue weighted by Crippen LogP contribution is 2.14. The Hall–Kier alpha value is -0.340. The van der Waals surface area contributed by atoms with Crippen molar-refractivity contribution in [2.24, 2.45) is 0 Å². The zero-order valence-corrected chi connectivity index (χ0v) is 12.0. The molecule has 1 heterocycles. The third kappa shape index (κ3) is 8.71. The van der Waals surface area contributed by atoms with E-state index in [4.69, 9.17) is 9.47 Å². The lowest BCUT2D eigenvalue weighted by Gasteiger charge is -2.22. The molecule has 0 saturated carbocycles. The highest BCUT2D eigenvalue weighted by molar-refractivity contribution is 4.81. The van der Waals surface area contributed by atoms with Crippen LogP contribution in [-0.2, 0) is 9.47 Å². The van der Waals surface area contributed by atoms with Crippen molar-refractivity contribution in [2.45, 2.75) is 77.4 Å². The molecule has 0 N–H and O–H groups in total. The Morgan fingerprint density at radius 3 is 2.61 bits per heavy atom. The lowest BCUT2D eigenvalue weighted by molar-refractivity contribution is -0.162. The number of unbranched alkanes of at least 4 members (excludes halogenated alkanes) is 5. The van der Waals surface area contributed by atoms with Crippen LogP contribution < -0.4 is 0 Å². The Balaban J connectivity index is 1.81. The molecule has 1 fully saturated rings. The zero-order chi connectivity index (χ0) is 12.9. The van der Waals surface area contributed by atoms with E-state index < -0.39 is 0 Å². The molecule has 0 spiro atoms. The van der Waals surface area contributed by atoms with Crippen molar-refractivity contribution in [1.82, 2.24) is 0 Å². The second kappa shape index (κ2) is 11.7. The van der Waals surface area contributed by atoms with Gasteiger partial charge in [-0.3, -0.25) is 0 Å². The van der Waals surface area contributed by atoms with Crippen LogP contribution in [0.5, 0.6) is 0 Å². The van der Waals surface area contributed by atoms with Gasteiger partial charge in [0.1, 0.15) is 0 Å². The first-order valence-electron chi connectivity index (χ1n) is 7.81. The molecule has 106 valence electrons. The molecule has 1 rings (SSSR count). The highest BCUT2D eigenvalue weighted by Gasteiger charge is 2.12. The minimum Gasteiger partial charge on any atom is -0.353 e. The normalized spacial score (nSPS) is 20.6. The predicted molar refractivity (Wildman–Crippen MR) is 76.7 cm³/mol. The molecule has 2 heteroatoms. The first kappa shape index (κ1) is 15.7. The summed E-state index contributed by atoms with van der Waals surface area (Å²) in [5, 5.41) is 0. The predicted octanol–water partition coefficient (Wildman–Crippen LogP) is 4.84. The summed E-state index contributed by atoms with van der Waals surface area (Å²) in [4.78, 5) is 0. The molecule has 1 saturated heterocycles. The lowest BCUT2D eigenvalue weighted by atomic mass is 10.1. The zero-order valence-electron chi connectivity index (χ0n) is 12.0. The van der Waals surface area contributed by atoms with E-state index in [2.05, 4.69) is 19.1 Å². The van der Waals surface area contributed by atoms with E-state index in [1.54, 1.807) is 0 Å². The van der Waals surface area contributed by atoms with E-state index in [9.17, 15) is 0 Å². The molecular weight excluding hydrogens is 224 g/mol. The van der Waals surface area contributed by atoms with Gasteiger partial charge >= 0.3 is 0 Å². The first-order valence-corrected chi connectivity index (χ1v) is 7.81. The molecule has 0 aliphatic carbocycles. The maximum atomic E-state index is 5.69. The average Bonchev–Trinajstić information content (AvgIpc) is 2.42. The van der Waals surface area contributed by atoms with E-state index in [-0.39, 0.29) is 6.29 Å². The maximum absolute atomic E-state index is 5.69. The number of hydrogen-bond acceptors (Lipinski definition) is 2. The van der Waals surface area contributed by atoms with Crippen molar-refractivity contribution in [2.75, 3.05) is 13.2 Å². The Morgan fingerprint density at radius 2 is 1.89 bits per heavy atom. The summed E-state index contributed by atoms with van der Waals surface area (Å²) in [7, 11) is 0. The van der Waals surface area contributed by atoms with Crippen LogP contribution in [0.3, 0.4) is 0 Å². The van der Waals surface area contributed by atoms with Gasteiger partial charge in [0.25, 0.3) is 0 Å². The summed E-state index contributed by atoms with van der Waals surface area (Å²) in [6.07, 6.45) is 17.2. The van der Waals surface area contributed by atoms with Gasteiger partial charge < -0.3 is 9.47 Å². The van der Waals surface area contributed by atoms with E-state index >= 15 is 0 Å². The smallest absolute Gasteiger partial charge is 0.157 e. The van der Waals surface area contributed by atoms with Gasteiger partial charge in [0.15, 0.2) is 6.29 Å².